The number of sulfonamides is 1. The molecule has 1 aromatic carbocycles. The number of hydrogen-bond acceptors (Lipinski definition) is 4. The molecule has 0 aliphatic carbocycles. The summed E-state index contributed by atoms with van der Waals surface area (Å²) in [5.74, 6) is -0.0265. The van der Waals surface area contributed by atoms with E-state index in [9.17, 15) is 8.42 Å². The number of anilines is 1. The van der Waals surface area contributed by atoms with Gasteiger partial charge in [-0.3, -0.25) is 0 Å². The zero-order chi connectivity index (χ0) is 14.6. The van der Waals surface area contributed by atoms with Gasteiger partial charge >= 0.3 is 0 Å². The van der Waals surface area contributed by atoms with Gasteiger partial charge < -0.3 is 5.73 Å². The second kappa shape index (κ2) is 6.39. The lowest BCUT2D eigenvalue weighted by molar-refractivity contribution is 0.559. The minimum Gasteiger partial charge on any atom is -0.399 e. The first kappa shape index (κ1) is 15.0. The van der Waals surface area contributed by atoms with E-state index in [1.54, 1.807) is 35.6 Å². The first-order valence-electron chi connectivity index (χ1n) is 6.30. The van der Waals surface area contributed by atoms with E-state index in [-0.39, 0.29) is 11.8 Å². The summed E-state index contributed by atoms with van der Waals surface area (Å²) in [4.78, 5) is 0. The van der Waals surface area contributed by atoms with Gasteiger partial charge in [-0.2, -0.15) is 11.3 Å². The van der Waals surface area contributed by atoms with E-state index in [4.69, 9.17) is 5.73 Å². The molecule has 20 heavy (non-hydrogen) atoms. The lowest BCUT2D eigenvalue weighted by atomic mass is 10.1. The minimum atomic E-state index is -3.34. The molecule has 3 N–H and O–H groups in total. The van der Waals surface area contributed by atoms with Gasteiger partial charge in [-0.15, -0.1) is 0 Å². The van der Waals surface area contributed by atoms with Crippen molar-refractivity contribution in [2.24, 2.45) is 0 Å². The van der Waals surface area contributed by atoms with Crippen LogP contribution in [0.2, 0.25) is 0 Å². The molecule has 0 amide bonds. The van der Waals surface area contributed by atoms with Crippen LogP contribution >= 0.6 is 11.3 Å². The summed E-state index contributed by atoms with van der Waals surface area (Å²) in [7, 11) is -3.34. The summed E-state index contributed by atoms with van der Waals surface area (Å²) in [6.07, 6.45) is 0.699. The first-order valence-corrected chi connectivity index (χ1v) is 8.89. The van der Waals surface area contributed by atoms with Gasteiger partial charge in [-0.25, -0.2) is 13.1 Å². The summed E-state index contributed by atoms with van der Waals surface area (Å²) < 4.78 is 26.9. The Morgan fingerprint density at radius 1 is 1.20 bits per heavy atom. The Balaban J connectivity index is 1.94. The van der Waals surface area contributed by atoms with Crippen LogP contribution in [-0.2, 0) is 22.2 Å². The van der Waals surface area contributed by atoms with Crippen LogP contribution in [0.4, 0.5) is 5.69 Å². The molecule has 0 saturated heterocycles. The van der Waals surface area contributed by atoms with E-state index >= 15 is 0 Å². The lowest BCUT2D eigenvalue weighted by Crippen LogP contribution is -2.34. The summed E-state index contributed by atoms with van der Waals surface area (Å²) in [5, 5.41) is 4.02. The Morgan fingerprint density at radius 3 is 2.50 bits per heavy atom. The topological polar surface area (TPSA) is 72.2 Å². The number of nitrogens with two attached hydrogens (primary N) is 1. The van der Waals surface area contributed by atoms with E-state index in [0.717, 1.165) is 11.1 Å². The quantitative estimate of drug-likeness (QED) is 0.805. The van der Waals surface area contributed by atoms with Crippen molar-refractivity contribution in [1.82, 2.24) is 4.72 Å². The van der Waals surface area contributed by atoms with Gasteiger partial charge in [-0.05, 0) is 53.4 Å². The normalized spacial score (nSPS) is 13.2. The van der Waals surface area contributed by atoms with Crippen LogP contribution in [0.3, 0.4) is 0 Å². The highest BCUT2D eigenvalue weighted by molar-refractivity contribution is 7.88. The number of thiophene rings is 1. The molecule has 0 saturated carbocycles. The maximum atomic E-state index is 12.1. The largest absolute Gasteiger partial charge is 0.399 e. The molecule has 1 unspecified atom stereocenters. The van der Waals surface area contributed by atoms with Crippen molar-refractivity contribution in [3.05, 3.63) is 52.2 Å². The third-order valence-electron chi connectivity index (χ3n) is 2.84. The van der Waals surface area contributed by atoms with Crippen LogP contribution in [0.1, 0.15) is 18.1 Å². The summed E-state index contributed by atoms with van der Waals surface area (Å²) in [6, 6.07) is 8.77. The smallest absolute Gasteiger partial charge is 0.216 e. The summed E-state index contributed by atoms with van der Waals surface area (Å²) in [6.45, 7) is 1.87. The number of rotatable bonds is 6. The molecule has 0 bridgehead atoms. The number of nitrogens with one attached hydrogen (secondary N) is 1. The van der Waals surface area contributed by atoms with Crippen molar-refractivity contribution in [2.45, 2.75) is 25.1 Å². The van der Waals surface area contributed by atoms with Crippen LogP contribution in [0, 0.1) is 0 Å². The maximum Gasteiger partial charge on any atom is 0.216 e. The first-order chi connectivity index (χ1) is 9.44. The highest BCUT2D eigenvalue weighted by Crippen LogP contribution is 2.11. The molecule has 1 aromatic heterocycles. The second-order valence-electron chi connectivity index (χ2n) is 4.86. The fourth-order valence-electron chi connectivity index (χ4n) is 1.99. The summed E-state index contributed by atoms with van der Waals surface area (Å²) >= 11 is 1.61. The Labute approximate surface area is 123 Å². The van der Waals surface area contributed by atoms with Crippen molar-refractivity contribution < 1.29 is 8.42 Å². The van der Waals surface area contributed by atoms with E-state index in [2.05, 4.69) is 4.72 Å². The number of hydrogen-bond donors (Lipinski definition) is 2. The van der Waals surface area contributed by atoms with Crippen LogP contribution < -0.4 is 10.5 Å². The number of benzene rings is 1. The van der Waals surface area contributed by atoms with Crippen LogP contribution in [0.15, 0.2) is 41.1 Å². The predicted octanol–water partition coefficient (Wildman–Crippen LogP) is 2.38. The van der Waals surface area contributed by atoms with E-state index < -0.39 is 10.0 Å². The van der Waals surface area contributed by atoms with E-state index in [1.165, 1.54) is 0 Å². The molecule has 1 atom stereocenters. The average molecular weight is 310 g/mol. The molecule has 108 valence electrons. The van der Waals surface area contributed by atoms with Crippen molar-refractivity contribution in [2.75, 3.05) is 5.73 Å². The predicted molar refractivity (Wildman–Crippen MR) is 84.1 cm³/mol. The lowest BCUT2D eigenvalue weighted by Gasteiger charge is -2.13. The second-order valence-corrected chi connectivity index (χ2v) is 7.39. The fourth-order valence-corrected chi connectivity index (χ4v) is 4.08. The molecule has 0 fully saturated rings. The van der Waals surface area contributed by atoms with E-state index in [1.807, 2.05) is 23.8 Å². The molecule has 0 aliphatic heterocycles. The van der Waals surface area contributed by atoms with Crippen LogP contribution in [0.5, 0.6) is 0 Å². The molecule has 0 spiro atoms. The van der Waals surface area contributed by atoms with E-state index in [0.29, 0.717) is 12.1 Å². The molecule has 2 rings (SSSR count). The Hall–Kier alpha value is -1.37. The standard InChI is InChI=1S/C14H18N2O2S2/c1-11(8-13-6-7-19-9-13)16-20(17,18)10-12-2-4-14(15)5-3-12/h2-7,9,11,16H,8,10,15H2,1H3. The van der Waals surface area contributed by atoms with Crippen molar-refractivity contribution in [3.63, 3.8) is 0 Å². The van der Waals surface area contributed by atoms with Crippen molar-refractivity contribution in [3.8, 4) is 0 Å². The van der Waals surface area contributed by atoms with Gasteiger partial charge in [0.15, 0.2) is 0 Å². The zero-order valence-corrected chi connectivity index (χ0v) is 12.9. The van der Waals surface area contributed by atoms with Crippen LogP contribution in [-0.4, -0.2) is 14.5 Å². The minimum absolute atomic E-state index is 0.0265. The highest BCUT2D eigenvalue weighted by atomic mass is 32.2. The molecule has 1 heterocycles. The molecule has 0 radical (unpaired) electrons. The van der Waals surface area contributed by atoms with Crippen molar-refractivity contribution in [1.29, 1.82) is 0 Å². The third kappa shape index (κ3) is 4.63. The maximum absolute atomic E-state index is 12.1. The zero-order valence-electron chi connectivity index (χ0n) is 11.2. The Bertz CT molecular complexity index is 634. The summed E-state index contributed by atoms with van der Waals surface area (Å²) in [5.41, 5.74) is 8.09. The highest BCUT2D eigenvalue weighted by Gasteiger charge is 2.15. The molecule has 6 heteroatoms. The van der Waals surface area contributed by atoms with Gasteiger partial charge in [0.05, 0.1) is 5.75 Å². The molecule has 0 aliphatic rings. The average Bonchev–Trinajstić information content (AvgIpc) is 2.83. The Kier molecular flexibility index (Phi) is 4.80. The van der Waals surface area contributed by atoms with Gasteiger partial charge in [0.2, 0.25) is 10.0 Å². The third-order valence-corrected chi connectivity index (χ3v) is 5.05. The number of nitrogen functional groups attached to an aromatic ring is 1. The SMILES string of the molecule is CC(Cc1ccsc1)NS(=O)(=O)Cc1ccc(N)cc1. The van der Waals surface area contributed by atoms with Gasteiger partial charge in [0.1, 0.15) is 0 Å². The van der Waals surface area contributed by atoms with Crippen LogP contribution in [0.25, 0.3) is 0 Å². The molecule has 2 aromatic rings. The van der Waals surface area contributed by atoms with Gasteiger partial charge in [0, 0.05) is 11.7 Å². The Morgan fingerprint density at radius 2 is 1.90 bits per heavy atom. The van der Waals surface area contributed by atoms with Gasteiger partial charge in [0.25, 0.3) is 0 Å². The van der Waals surface area contributed by atoms with Crippen molar-refractivity contribution >= 4 is 27.0 Å². The molecular formula is C14H18N2O2S2. The molecule has 4 nitrogen and oxygen atoms in total. The monoisotopic (exact) mass is 310 g/mol. The molecular weight excluding hydrogens is 292 g/mol. The van der Waals surface area contributed by atoms with Gasteiger partial charge in [-0.1, -0.05) is 12.1 Å². The fraction of sp³-hybridized carbons (Fsp3) is 0.286.